The first-order chi connectivity index (χ1) is 3.71. The molecule has 0 rings (SSSR count). The molecule has 0 spiro atoms. The summed E-state index contributed by atoms with van der Waals surface area (Å²) >= 11 is -11.5. The molecule has 0 aromatic rings. The Morgan fingerprint density at radius 1 is 0.900 bits per heavy atom. The molecule has 0 bridgehead atoms. The van der Waals surface area contributed by atoms with Crippen molar-refractivity contribution in [2.75, 3.05) is 0 Å². The van der Waals surface area contributed by atoms with Crippen LogP contribution < -0.4 is 0 Å². The van der Waals surface area contributed by atoms with E-state index in [1.807, 2.05) is 0 Å². The van der Waals surface area contributed by atoms with Crippen LogP contribution >= 0.6 is 0 Å². The SMILES string of the molecule is [Ni].[O]=[Cr](=[O])([OH])[O][Cr](=[O])(=[O])[OH]. The van der Waals surface area contributed by atoms with Gasteiger partial charge in [0.2, 0.25) is 0 Å². The van der Waals surface area contributed by atoms with Gasteiger partial charge in [-0.15, -0.1) is 0 Å². The molecule has 0 amide bonds. The van der Waals surface area contributed by atoms with Crippen molar-refractivity contribution >= 4 is 0 Å². The Bertz CT molecular complexity index is 237. The van der Waals surface area contributed by atoms with Crippen molar-refractivity contribution < 1.29 is 70.1 Å². The van der Waals surface area contributed by atoms with Crippen LogP contribution in [0.1, 0.15) is 0 Å². The van der Waals surface area contributed by atoms with E-state index < -0.39 is 27.2 Å². The van der Waals surface area contributed by atoms with Gasteiger partial charge in [0.25, 0.3) is 0 Å². The van der Waals surface area contributed by atoms with Crippen LogP contribution in [0.4, 0.5) is 0 Å². The second-order valence-electron chi connectivity index (χ2n) is 0.924. The third kappa shape index (κ3) is 11.4. The molecule has 0 unspecified atom stereocenters. The van der Waals surface area contributed by atoms with Crippen LogP contribution in [-0.2, 0) is 61.8 Å². The molecule has 0 aliphatic carbocycles. The average molecular weight is 277 g/mol. The van der Waals surface area contributed by atoms with Crippen molar-refractivity contribution in [1.82, 2.24) is 0 Å². The first-order valence-electron chi connectivity index (χ1n) is 1.37. The summed E-state index contributed by atoms with van der Waals surface area (Å²) in [5.74, 6) is 0. The van der Waals surface area contributed by atoms with E-state index in [0.29, 0.717) is 0 Å². The fraction of sp³-hybridized carbons (Fsp3) is 0. The zero-order valence-corrected chi connectivity index (χ0v) is 7.61. The van der Waals surface area contributed by atoms with E-state index in [2.05, 4.69) is 2.84 Å². The molecule has 0 aliphatic heterocycles. The van der Waals surface area contributed by atoms with Crippen LogP contribution in [0, 0.1) is 0 Å². The van der Waals surface area contributed by atoms with Gasteiger partial charge in [-0.1, -0.05) is 0 Å². The molecule has 0 atom stereocenters. The van der Waals surface area contributed by atoms with Crippen LogP contribution in [0.3, 0.4) is 0 Å². The quantitative estimate of drug-likeness (QED) is 0.579. The van der Waals surface area contributed by atoms with Gasteiger partial charge in [-0.2, -0.15) is 0 Å². The molecule has 66 valence electrons. The molecular weight excluding hydrogens is 275 g/mol. The van der Waals surface area contributed by atoms with Gasteiger partial charge in [0, 0.05) is 16.5 Å². The predicted molar refractivity (Wildman–Crippen MR) is 8.27 cm³/mol. The van der Waals surface area contributed by atoms with Gasteiger partial charge < -0.3 is 0 Å². The molecular formula is H2Cr2NiO7. The van der Waals surface area contributed by atoms with E-state index in [1.165, 1.54) is 0 Å². The molecule has 0 aromatic heterocycles. The van der Waals surface area contributed by atoms with Gasteiger partial charge in [-0.3, -0.25) is 0 Å². The van der Waals surface area contributed by atoms with Crippen molar-refractivity contribution in [2.24, 2.45) is 0 Å². The summed E-state index contributed by atoms with van der Waals surface area (Å²) in [4.78, 5) is 0. The maximum atomic E-state index is 9.53. The van der Waals surface area contributed by atoms with E-state index in [-0.39, 0.29) is 16.5 Å². The second-order valence-corrected chi connectivity index (χ2v) is 4.68. The van der Waals surface area contributed by atoms with E-state index in [0.717, 1.165) is 0 Å². The monoisotopic (exact) mass is 276 g/mol. The third-order valence-corrected chi connectivity index (χ3v) is 2.92. The molecule has 10 heavy (non-hydrogen) atoms. The topological polar surface area (TPSA) is 118 Å². The number of hydrogen-bond acceptors (Lipinski definition) is 5. The summed E-state index contributed by atoms with van der Waals surface area (Å²) in [5.41, 5.74) is 0. The Balaban J connectivity index is 0. The van der Waals surface area contributed by atoms with Crippen LogP contribution in [-0.4, -0.2) is 8.32 Å². The van der Waals surface area contributed by atoms with Crippen molar-refractivity contribution in [3.8, 4) is 0 Å². The summed E-state index contributed by atoms with van der Waals surface area (Å²) in [7, 11) is 0. The molecule has 10 heteroatoms. The molecule has 0 fully saturated rings. The summed E-state index contributed by atoms with van der Waals surface area (Å²) in [6.07, 6.45) is 0. The van der Waals surface area contributed by atoms with Crippen LogP contribution in [0.2, 0.25) is 0 Å². The van der Waals surface area contributed by atoms with E-state index in [9.17, 15) is 15.2 Å². The van der Waals surface area contributed by atoms with Gasteiger partial charge in [0.05, 0.1) is 0 Å². The fourth-order valence-corrected chi connectivity index (χ4v) is 1.85. The normalized spacial score (nSPS) is 12.2. The van der Waals surface area contributed by atoms with E-state index in [4.69, 9.17) is 8.32 Å². The summed E-state index contributed by atoms with van der Waals surface area (Å²) in [5, 5.41) is 0. The molecule has 7 nitrogen and oxygen atoms in total. The van der Waals surface area contributed by atoms with Crippen LogP contribution in [0.5, 0.6) is 0 Å². The van der Waals surface area contributed by atoms with Gasteiger partial charge in [0.15, 0.2) is 0 Å². The second kappa shape index (κ2) is 3.87. The third-order valence-electron chi connectivity index (χ3n) is 0.172. The Kier molecular flexibility index (Phi) is 5.12. The maximum absolute atomic E-state index is 9.53. The molecule has 0 radical (unpaired) electrons. The van der Waals surface area contributed by atoms with Crippen LogP contribution in [0.25, 0.3) is 0 Å². The van der Waals surface area contributed by atoms with Gasteiger partial charge in [0.1, 0.15) is 0 Å². The summed E-state index contributed by atoms with van der Waals surface area (Å²) in [6.45, 7) is 0. The van der Waals surface area contributed by atoms with Gasteiger partial charge >= 0.3 is 53.6 Å². The molecule has 0 saturated heterocycles. The summed E-state index contributed by atoms with van der Waals surface area (Å²) in [6, 6.07) is 0. The Morgan fingerprint density at radius 3 is 1.10 bits per heavy atom. The van der Waals surface area contributed by atoms with Gasteiger partial charge in [-0.05, 0) is 0 Å². The standard InChI is InChI=1S/2Cr.Ni.2H2O.5O/h;;;2*1H2;;;;;/q2*+1;;;;;;;;/p-2. The molecule has 0 saturated carbocycles. The first kappa shape index (κ1) is 13.2. The van der Waals surface area contributed by atoms with Crippen molar-refractivity contribution in [3.63, 3.8) is 0 Å². The number of rotatable bonds is 2. The Labute approximate surface area is 70.1 Å². The molecule has 0 aromatic carbocycles. The zero-order valence-electron chi connectivity index (χ0n) is 4.07. The zero-order chi connectivity index (χ0) is 7.71. The molecule has 0 aliphatic rings. The summed E-state index contributed by atoms with van der Waals surface area (Å²) < 4.78 is 56.3. The molecule has 2 N–H and O–H groups in total. The predicted octanol–water partition coefficient (Wildman–Crippen LogP) is -1.67. The first-order valence-corrected chi connectivity index (χ1v) is 5.63. The Hall–Kier alpha value is 0.638. The van der Waals surface area contributed by atoms with Crippen molar-refractivity contribution in [3.05, 3.63) is 0 Å². The van der Waals surface area contributed by atoms with Crippen molar-refractivity contribution in [2.45, 2.75) is 0 Å². The minimum atomic E-state index is -5.76. The fourth-order valence-electron chi connectivity index (χ4n) is 0.109. The van der Waals surface area contributed by atoms with Crippen LogP contribution in [0.15, 0.2) is 0 Å². The van der Waals surface area contributed by atoms with Crippen molar-refractivity contribution in [1.29, 1.82) is 0 Å². The van der Waals surface area contributed by atoms with E-state index in [1.54, 1.807) is 0 Å². The average Bonchev–Trinajstić information content (AvgIpc) is 1.14. The van der Waals surface area contributed by atoms with Gasteiger partial charge in [-0.25, -0.2) is 0 Å². The minimum absolute atomic E-state index is 0. The number of hydrogen-bond donors (Lipinski definition) is 2. The van der Waals surface area contributed by atoms with E-state index >= 15 is 0 Å². The Morgan fingerprint density at radius 2 is 1.10 bits per heavy atom. The molecule has 0 heterocycles.